The van der Waals surface area contributed by atoms with E-state index < -0.39 is 0 Å². The summed E-state index contributed by atoms with van der Waals surface area (Å²) in [7, 11) is 6.64. The predicted octanol–water partition coefficient (Wildman–Crippen LogP) is 7.04. The molecule has 0 radical (unpaired) electrons. The zero-order valence-electron chi connectivity index (χ0n) is 20.9. The highest BCUT2D eigenvalue weighted by Gasteiger charge is 2.08. The fourth-order valence-electron chi connectivity index (χ4n) is 3.78. The lowest BCUT2D eigenvalue weighted by molar-refractivity contribution is 0.414. The van der Waals surface area contributed by atoms with Crippen molar-refractivity contribution in [1.82, 2.24) is 0 Å². The van der Waals surface area contributed by atoms with E-state index in [9.17, 15) is 0 Å². The second kappa shape index (κ2) is 11.7. The third-order valence-electron chi connectivity index (χ3n) is 5.83. The van der Waals surface area contributed by atoms with Crippen molar-refractivity contribution >= 4 is 11.1 Å². The van der Waals surface area contributed by atoms with E-state index >= 15 is 0 Å². The topological polar surface area (TPSA) is 36.9 Å². The number of rotatable bonds is 8. The fraction of sp³-hybridized carbons (Fsp3) is 0.125. The lowest BCUT2D eigenvalue weighted by Gasteiger charge is -2.09. The van der Waals surface area contributed by atoms with Crippen molar-refractivity contribution in [3.8, 4) is 23.0 Å². The normalized spacial score (nSPS) is 10.0. The van der Waals surface area contributed by atoms with Crippen LogP contribution in [0.25, 0.3) is 11.1 Å². The molecular formula is C32H28O4. The fourth-order valence-corrected chi connectivity index (χ4v) is 3.78. The summed E-state index contributed by atoms with van der Waals surface area (Å²) in [5.41, 5.74) is 12.7. The molecule has 0 aliphatic carbocycles. The van der Waals surface area contributed by atoms with E-state index in [2.05, 4.69) is 11.5 Å². The predicted molar refractivity (Wildman–Crippen MR) is 144 cm³/mol. The second-order valence-electron chi connectivity index (χ2n) is 7.91. The van der Waals surface area contributed by atoms with Gasteiger partial charge in [-0.1, -0.05) is 60.0 Å². The molecule has 4 aromatic rings. The molecule has 0 fully saturated rings. The van der Waals surface area contributed by atoms with Gasteiger partial charge in [0.05, 0.1) is 28.4 Å². The summed E-state index contributed by atoms with van der Waals surface area (Å²) in [6.07, 6.45) is 0. The smallest absolute Gasteiger partial charge is 0.118 e. The minimum absolute atomic E-state index is 0.796. The monoisotopic (exact) mass is 476 g/mol. The number of hydrogen-bond acceptors (Lipinski definition) is 4. The first-order valence-electron chi connectivity index (χ1n) is 11.5. The summed E-state index contributed by atoms with van der Waals surface area (Å²) in [6.45, 7) is 0. The van der Waals surface area contributed by atoms with Gasteiger partial charge in [0.15, 0.2) is 0 Å². The van der Waals surface area contributed by atoms with Crippen molar-refractivity contribution in [2.24, 2.45) is 0 Å². The van der Waals surface area contributed by atoms with Crippen LogP contribution in [-0.4, -0.2) is 28.4 Å². The first-order chi connectivity index (χ1) is 17.6. The number of benzene rings is 4. The summed E-state index contributed by atoms with van der Waals surface area (Å²) in [5, 5.41) is 0. The largest absolute Gasteiger partial charge is 0.497 e. The van der Waals surface area contributed by atoms with E-state index in [1.54, 1.807) is 28.4 Å². The number of methoxy groups -OCH3 is 4. The minimum Gasteiger partial charge on any atom is -0.497 e. The van der Waals surface area contributed by atoms with Gasteiger partial charge in [0.1, 0.15) is 23.0 Å². The van der Waals surface area contributed by atoms with Crippen molar-refractivity contribution in [3.63, 3.8) is 0 Å². The Morgan fingerprint density at radius 2 is 0.556 bits per heavy atom. The molecule has 180 valence electrons. The van der Waals surface area contributed by atoms with Gasteiger partial charge in [-0.15, -0.1) is 0 Å². The molecule has 0 aliphatic heterocycles. The van der Waals surface area contributed by atoms with E-state index in [0.29, 0.717) is 0 Å². The Bertz CT molecular complexity index is 1180. The molecule has 4 nitrogen and oxygen atoms in total. The van der Waals surface area contributed by atoms with Crippen LogP contribution in [0.4, 0.5) is 0 Å². The van der Waals surface area contributed by atoms with Crippen molar-refractivity contribution < 1.29 is 18.9 Å². The number of hydrogen-bond donors (Lipinski definition) is 0. The lowest BCUT2D eigenvalue weighted by atomic mass is 9.96. The van der Waals surface area contributed by atoms with Gasteiger partial charge in [0.25, 0.3) is 0 Å². The van der Waals surface area contributed by atoms with Crippen molar-refractivity contribution in [1.29, 1.82) is 0 Å². The molecule has 4 aromatic carbocycles. The average Bonchev–Trinajstić information content (AvgIpc) is 2.96. The Morgan fingerprint density at radius 3 is 0.722 bits per heavy atom. The van der Waals surface area contributed by atoms with Crippen LogP contribution in [0.15, 0.2) is 109 Å². The van der Waals surface area contributed by atoms with Gasteiger partial charge in [-0.05, 0) is 70.8 Å². The lowest BCUT2D eigenvalue weighted by Crippen LogP contribution is -1.90. The summed E-state index contributed by atoms with van der Waals surface area (Å²) in [4.78, 5) is 0. The van der Waals surface area contributed by atoms with E-state index in [4.69, 9.17) is 18.9 Å². The van der Waals surface area contributed by atoms with Crippen molar-refractivity contribution in [2.75, 3.05) is 28.4 Å². The van der Waals surface area contributed by atoms with Crippen LogP contribution in [0.1, 0.15) is 22.3 Å². The number of ether oxygens (including phenoxy) is 4. The third-order valence-corrected chi connectivity index (χ3v) is 5.83. The van der Waals surface area contributed by atoms with E-state index in [1.807, 2.05) is 97.1 Å². The molecule has 0 heterocycles. The van der Waals surface area contributed by atoms with Crippen LogP contribution in [0.5, 0.6) is 23.0 Å². The first kappa shape index (κ1) is 24.5. The zero-order valence-corrected chi connectivity index (χ0v) is 20.9. The SMILES string of the molecule is COc1ccc(C(=C=C=C(c2ccc(OC)cc2)c2ccc(OC)cc2)c2ccc(OC)cc2)cc1. The average molecular weight is 477 g/mol. The van der Waals surface area contributed by atoms with Crippen LogP contribution < -0.4 is 18.9 Å². The molecule has 36 heavy (non-hydrogen) atoms. The third kappa shape index (κ3) is 5.71. The standard InChI is InChI=1S/C32H28O4/c1-33-27-13-5-23(6-14-27)31(24-7-15-28(34-2)16-8-24)21-22-32(25-9-17-29(35-3)18-10-25)26-11-19-30(36-4)20-12-26/h5-20H,1-4H3. The van der Waals surface area contributed by atoms with Gasteiger partial charge in [-0.25, -0.2) is 0 Å². The first-order valence-corrected chi connectivity index (χ1v) is 11.5. The van der Waals surface area contributed by atoms with Crippen LogP contribution in [0.2, 0.25) is 0 Å². The maximum absolute atomic E-state index is 5.35. The Hall–Kier alpha value is -4.62. The maximum atomic E-state index is 5.35. The zero-order chi connectivity index (χ0) is 25.3. The highest BCUT2D eigenvalue weighted by Crippen LogP contribution is 2.29. The quantitative estimate of drug-likeness (QED) is 0.256. The molecule has 0 aliphatic rings. The molecule has 0 spiro atoms. The Morgan fingerprint density at radius 1 is 0.361 bits per heavy atom. The van der Waals surface area contributed by atoms with Gasteiger partial charge in [0, 0.05) is 11.1 Å². The molecule has 0 N–H and O–H groups in total. The Labute approximate surface area is 212 Å². The summed E-state index contributed by atoms with van der Waals surface area (Å²) in [5.74, 6) is 3.18. The van der Waals surface area contributed by atoms with Gasteiger partial charge >= 0.3 is 0 Å². The summed E-state index contributed by atoms with van der Waals surface area (Å²) < 4.78 is 21.4. The highest BCUT2D eigenvalue weighted by molar-refractivity contribution is 5.83. The van der Waals surface area contributed by atoms with E-state index in [-0.39, 0.29) is 0 Å². The van der Waals surface area contributed by atoms with Gasteiger partial charge in [-0.2, -0.15) is 0 Å². The molecule has 0 saturated carbocycles. The Balaban J connectivity index is 1.97. The second-order valence-corrected chi connectivity index (χ2v) is 7.91. The van der Waals surface area contributed by atoms with E-state index in [1.165, 1.54) is 0 Å². The van der Waals surface area contributed by atoms with Crippen LogP contribution in [-0.2, 0) is 0 Å². The highest BCUT2D eigenvalue weighted by atomic mass is 16.5. The van der Waals surface area contributed by atoms with Crippen LogP contribution in [0, 0.1) is 0 Å². The summed E-state index contributed by atoms with van der Waals surface area (Å²) >= 11 is 0. The maximum Gasteiger partial charge on any atom is 0.118 e. The van der Waals surface area contributed by atoms with Crippen molar-refractivity contribution in [3.05, 3.63) is 131 Å². The molecule has 4 rings (SSSR count). The van der Waals surface area contributed by atoms with Crippen LogP contribution >= 0.6 is 0 Å². The molecule has 0 bridgehead atoms. The molecule has 4 heteroatoms. The van der Waals surface area contributed by atoms with Gasteiger partial charge in [0.2, 0.25) is 0 Å². The molecular weight excluding hydrogens is 448 g/mol. The molecule has 0 atom stereocenters. The van der Waals surface area contributed by atoms with Crippen LogP contribution in [0.3, 0.4) is 0 Å². The van der Waals surface area contributed by atoms with Gasteiger partial charge < -0.3 is 18.9 Å². The van der Waals surface area contributed by atoms with E-state index in [0.717, 1.165) is 56.4 Å². The van der Waals surface area contributed by atoms with Crippen molar-refractivity contribution in [2.45, 2.75) is 0 Å². The molecule has 0 aromatic heterocycles. The Kier molecular flexibility index (Phi) is 7.95. The summed E-state index contributed by atoms with van der Waals surface area (Å²) in [6, 6.07) is 31.7. The molecule has 0 amide bonds. The molecule has 0 unspecified atom stereocenters. The molecule has 0 saturated heterocycles. The minimum atomic E-state index is 0.796. The van der Waals surface area contributed by atoms with Gasteiger partial charge in [-0.3, -0.25) is 0 Å².